The minimum atomic E-state index is -0.114. The van der Waals surface area contributed by atoms with E-state index >= 15 is 0 Å². The molecule has 0 spiro atoms. The van der Waals surface area contributed by atoms with Crippen molar-refractivity contribution < 1.29 is 9.90 Å². The summed E-state index contributed by atoms with van der Waals surface area (Å²) in [6.45, 7) is 12.0. The normalized spacial score (nSPS) is 49.9. The molecular formula is C23H36O2. The third-order valence-electron chi connectivity index (χ3n) is 9.08. The Kier molecular flexibility index (Phi) is 3.87. The maximum atomic E-state index is 12.1. The van der Waals surface area contributed by atoms with E-state index in [0.29, 0.717) is 29.5 Å². The molecule has 140 valence electrons. The van der Waals surface area contributed by atoms with Crippen LogP contribution in [0.4, 0.5) is 0 Å². The monoisotopic (exact) mass is 344 g/mol. The van der Waals surface area contributed by atoms with Gasteiger partial charge in [-0.15, -0.1) is 0 Å². The highest BCUT2D eigenvalue weighted by atomic mass is 16.3. The van der Waals surface area contributed by atoms with Crippen LogP contribution in [0.25, 0.3) is 0 Å². The van der Waals surface area contributed by atoms with E-state index in [4.69, 9.17) is 0 Å². The molecule has 0 saturated heterocycles. The second-order valence-electron chi connectivity index (χ2n) is 11.2. The first-order valence-electron chi connectivity index (χ1n) is 10.5. The molecular weight excluding hydrogens is 308 g/mol. The van der Waals surface area contributed by atoms with E-state index in [1.807, 2.05) is 6.08 Å². The molecule has 1 N–H and O–H groups in total. The maximum Gasteiger partial charge on any atom is 0.155 e. The van der Waals surface area contributed by atoms with E-state index in [2.05, 4.69) is 34.6 Å². The van der Waals surface area contributed by atoms with Crippen LogP contribution in [-0.2, 0) is 4.79 Å². The van der Waals surface area contributed by atoms with Crippen LogP contribution in [0.3, 0.4) is 0 Å². The first-order valence-corrected chi connectivity index (χ1v) is 10.5. The summed E-state index contributed by atoms with van der Waals surface area (Å²) in [7, 11) is 0. The van der Waals surface area contributed by atoms with Gasteiger partial charge in [0.2, 0.25) is 0 Å². The number of carbonyl (C=O) groups excluding carboxylic acids is 1. The van der Waals surface area contributed by atoms with Crippen molar-refractivity contribution in [3.63, 3.8) is 0 Å². The average Bonchev–Trinajstić information content (AvgIpc) is 2.82. The molecule has 0 aliphatic heterocycles. The number of rotatable bonds is 0. The Morgan fingerprint density at radius 3 is 2.48 bits per heavy atom. The summed E-state index contributed by atoms with van der Waals surface area (Å²) in [6.07, 6.45) is 9.34. The summed E-state index contributed by atoms with van der Waals surface area (Å²) in [6, 6.07) is 0. The van der Waals surface area contributed by atoms with E-state index < -0.39 is 0 Å². The Balaban J connectivity index is 1.81. The lowest BCUT2D eigenvalue weighted by Gasteiger charge is -2.62. The van der Waals surface area contributed by atoms with Crippen LogP contribution < -0.4 is 0 Å². The van der Waals surface area contributed by atoms with E-state index in [0.717, 1.165) is 32.1 Å². The molecule has 4 aliphatic carbocycles. The van der Waals surface area contributed by atoms with Crippen LogP contribution in [0.1, 0.15) is 79.6 Å². The number of allylic oxidation sites excluding steroid dienone is 1. The Bertz CT molecular complexity index is 612. The average molecular weight is 345 g/mol. The summed E-state index contributed by atoms with van der Waals surface area (Å²) in [5.41, 5.74) is 2.03. The van der Waals surface area contributed by atoms with Crippen molar-refractivity contribution in [1.82, 2.24) is 0 Å². The summed E-state index contributed by atoms with van der Waals surface area (Å²) in [4.78, 5) is 12.1. The molecule has 0 amide bonds. The molecule has 4 rings (SSSR count). The lowest BCUT2D eigenvalue weighted by Crippen LogP contribution is -2.56. The van der Waals surface area contributed by atoms with Gasteiger partial charge in [-0.2, -0.15) is 0 Å². The largest absolute Gasteiger partial charge is 0.393 e. The number of fused-ring (bicyclic) bond motifs is 5. The van der Waals surface area contributed by atoms with Crippen molar-refractivity contribution in [2.24, 2.45) is 39.9 Å². The fourth-order valence-electron chi connectivity index (χ4n) is 7.42. The smallest absolute Gasteiger partial charge is 0.155 e. The number of aliphatic hydroxyl groups is 1. The van der Waals surface area contributed by atoms with Crippen LogP contribution in [0, 0.1) is 39.9 Å². The standard InChI is InChI=1S/C23H36O2/c1-21(2,3)18-13-14-12-15(24)8-10-22(14,4)17-9-11-23(5)16(20(17)18)6-7-19(23)25/h12,16-20,25H,6-11,13H2,1-5H3. The molecule has 0 bridgehead atoms. The van der Waals surface area contributed by atoms with E-state index in [-0.39, 0.29) is 22.3 Å². The predicted molar refractivity (Wildman–Crippen MR) is 101 cm³/mol. The van der Waals surface area contributed by atoms with Crippen LogP contribution in [0.5, 0.6) is 0 Å². The quantitative estimate of drug-likeness (QED) is 0.660. The molecule has 3 fully saturated rings. The van der Waals surface area contributed by atoms with Crippen molar-refractivity contribution >= 4 is 5.78 Å². The molecule has 3 saturated carbocycles. The van der Waals surface area contributed by atoms with Crippen molar-refractivity contribution in [2.75, 3.05) is 0 Å². The topological polar surface area (TPSA) is 37.3 Å². The number of hydrogen-bond donors (Lipinski definition) is 1. The van der Waals surface area contributed by atoms with Crippen molar-refractivity contribution in [1.29, 1.82) is 0 Å². The SMILES string of the molecule is CC(C)(C)C1CC2=CC(=O)CCC2(C)C2CCC3(C)C(O)CCC3C12. The Labute approximate surface area is 153 Å². The number of ketones is 1. The van der Waals surface area contributed by atoms with Gasteiger partial charge in [0.05, 0.1) is 6.10 Å². The molecule has 7 atom stereocenters. The summed E-state index contributed by atoms with van der Waals surface area (Å²) >= 11 is 0. The van der Waals surface area contributed by atoms with E-state index in [1.165, 1.54) is 18.4 Å². The molecule has 0 heterocycles. The summed E-state index contributed by atoms with van der Waals surface area (Å²) in [5, 5.41) is 10.7. The lowest BCUT2D eigenvalue weighted by molar-refractivity contribution is -0.125. The molecule has 0 radical (unpaired) electrons. The minimum Gasteiger partial charge on any atom is -0.393 e. The Morgan fingerprint density at radius 1 is 1.08 bits per heavy atom. The fourth-order valence-corrected chi connectivity index (χ4v) is 7.42. The molecule has 0 aromatic heterocycles. The van der Waals surface area contributed by atoms with Gasteiger partial charge in [0.1, 0.15) is 0 Å². The van der Waals surface area contributed by atoms with E-state index in [1.54, 1.807) is 0 Å². The zero-order chi connectivity index (χ0) is 18.2. The molecule has 0 aromatic rings. The second-order valence-corrected chi connectivity index (χ2v) is 11.2. The van der Waals surface area contributed by atoms with Gasteiger partial charge in [0.15, 0.2) is 5.78 Å². The van der Waals surface area contributed by atoms with Crippen molar-refractivity contribution in [3.8, 4) is 0 Å². The van der Waals surface area contributed by atoms with Gasteiger partial charge < -0.3 is 5.11 Å². The molecule has 0 aromatic carbocycles. The van der Waals surface area contributed by atoms with Gasteiger partial charge >= 0.3 is 0 Å². The molecule has 25 heavy (non-hydrogen) atoms. The van der Waals surface area contributed by atoms with Crippen LogP contribution in [0.15, 0.2) is 11.6 Å². The highest BCUT2D eigenvalue weighted by Gasteiger charge is 2.62. The summed E-state index contributed by atoms with van der Waals surface area (Å²) in [5.74, 6) is 3.01. The number of carbonyl (C=O) groups is 1. The molecule has 4 aliphatic rings. The van der Waals surface area contributed by atoms with Crippen LogP contribution in [0.2, 0.25) is 0 Å². The minimum absolute atomic E-state index is 0.114. The maximum absolute atomic E-state index is 12.1. The highest BCUT2D eigenvalue weighted by molar-refractivity contribution is 5.91. The third kappa shape index (κ3) is 2.42. The number of aliphatic hydroxyl groups excluding tert-OH is 1. The molecule has 2 heteroatoms. The first kappa shape index (κ1) is 17.8. The molecule has 2 nitrogen and oxygen atoms in total. The lowest BCUT2D eigenvalue weighted by atomic mass is 9.42. The van der Waals surface area contributed by atoms with Crippen molar-refractivity contribution in [2.45, 2.75) is 85.7 Å². The van der Waals surface area contributed by atoms with E-state index in [9.17, 15) is 9.90 Å². The van der Waals surface area contributed by atoms with Crippen molar-refractivity contribution in [3.05, 3.63) is 11.6 Å². The van der Waals surface area contributed by atoms with Gasteiger partial charge in [0.25, 0.3) is 0 Å². The fraction of sp³-hybridized carbons (Fsp3) is 0.870. The molecule has 7 unspecified atom stereocenters. The Morgan fingerprint density at radius 2 is 1.80 bits per heavy atom. The van der Waals surface area contributed by atoms with Gasteiger partial charge in [-0.3, -0.25) is 4.79 Å². The zero-order valence-electron chi connectivity index (χ0n) is 16.8. The number of hydrogen-bond acceptors (Lipinski definition) is 2. The third-order valence-corrected chi connectivity index (χ3v) is 9.08. The Hall–Kier alpha value is -0.630. The van der Waals surface area contributed by atoms with Gasteiger partial charge in [-0.1, -0.05) is 40.2 Å². The van der Waals surface area contributed by atoms with Crippen LogP contribution in [-0.4, -0.2) is 17.0 Å². The second kappa shape index (κ2) is 5.44. The predicted octanol–water partition coefficient (Wildman–Crippen LogP) is 5.15. The van der Waals surface area contributed by atoms with Gasteiger partial charge in [-0.25, -0.2) is 0 Å². The van der Waals surface area contributed by atoms with Crippen LogP contribution >= 0.6 is 0 Å². The highest BCUT2D eigenvalue weighted by Crippen LogP contribution is 2.68. The first-order chi connectivity index (χ1) is 11.6. The summed E-state index contributed by atoms with van der Waals surface area (Å²) < 4.78 is 0. The zero-order valence-corrected chi connectivity index (χ0v) is 16.8. The van der Waals surface area contributed by atoms with Gasteiger partial charge in [0, 0.05) is 6.42 Å². The van der Waals surface area contributed by atoms with Gasteiger partial charge in [-0.05, 0) is 84.5 Å².